The van der Waals surface area contributed by atoms with Crippen molar-refractivity contribution in [2.45, 2.75) is 31.4 Å². The minimum Gasteiger partial charge on any atom is -0.481 e. The Hall–Kier alpha value is -0.510. The van der Waals surface area contributed by atoms with Gasteiger partial charge in [-0.1, -0.05) is 18.2 Å². The van der Waals surface area contributed by atoms with Gasteiger partial charge in [0.25, 0.3) is 0 Å². The third-order valence-corrected chi connectivity index (χ3v) is 3.29. The molecule has 1 rings (SSSR count). The van der Waals surface area contributed by atoms with Crippen molar-refractivity contribution < 1.29 is 14.7 Å². The number of carboxylic acid groups (broad SMARTS) is 1. The predicted octanol–water partition coefficient (Wildman–Crippen LogP) is 1.52. The summed E-state index contributed by atoms with van der Waals surface area (Å²) in [6.45, 7) is 1.49. The van der Waals surface area contributed by atoms with E-state index in [0.29, 0.717) is 0 Å². The summed E-state index contributed by atoms with van der Waals surface area (Å²) in [6.07, 6.45) is 2.52. The van der Waals surface area contributed by atoms with Crippen LogP contribution in [0, 0.1) is 5.92 Å². The fourth-order valence-electron chi connectivity index (χ4n) is 1.56. The van der Waals surface area contributed by atoms with Crippen molar-refractivity contribution in [2.75, 3.05) is 0 Å². The first-order valence-corrected chi connectivity index (χ1v) is 4.89. The first kappa shape index (κ1) is 9.58. The first-order valence-electron chi connectivity index (χ1n) is 4.01. The van der Waals surface area contributed by atoms with Crippen LogP contribution in [-0.2, 0) is 9.59 Å². The van der Waals surface area contributed by atoms with E-state index >= 15 is 0 Å². The monoisotopic (exact) mass is 188 g/mol. The lowest BCUT2D eigenvalue weighted by atomic mass is 10.1. The summed E-state index contributed by atoms with van der Waals surface area (Å²) >= 11 is 1.18. The standard InChI is InChI=1S/C8H12O3S/c1-5(9)12-7-4-2-3-6(7)8(10)11/h6-7H,2-4H2,1H3,(H,10,11). The van der Waals surface area contributed by atoms with E-state index in [-0.39, 0.29) is 16.3 Å². The van der Waals surface area contributed by atoms with Gasteiger partial charge in [0.05, 0.1) is 5.92 Å². The van der Waals surface area contributed by atoms with Crippen LogP contribution in [0.25, 0.3) is 0 Å². The van der Waals surface area contributed by atoms with Crippen molar-refractivity contribution in [3.05, 3.63) is 0 Å². The summed E-state index contributed by atoms with van der Waals surface area (Å²) in [6, 6.07) is 0. The summed E-state index contributed by atoms with van der Waals surface area (Å²) in [5.41, 5.74) is 0. The van der Waals surface area contributed by atoms with Gasteiger partial charge in [-0.3, -0.25) is 9.59 Å². The average Bonchev–Trinajstić information content (AvgIpc) is 2.33. The molecule has 2 atom stereocenters. The Morgan fingerprint density at radius 3 is 2.58 bits per heavy atom. The molecular weight excluding hydrogens is 176 g/mol. The molecule has 1 N–H and O–H groups in total. The van der Waals surface area contributed by atoms with E-state index in [1.165, 1.54) is 18.7 Å². The second-order valence-electron chi connectivity index (χ2n) is 3.02. The molecule has 2 unspecified atom stereocenters. The smallest absolute Gasteiger partial charge is 0.307 e. The molecule has 1 saturated carbocycles. The number of aliphatic carboxylic acids is 1. The van der Waals surface area contributed by atoms with E-state index in [9.17, 15) is 9.59 Å². The van der Waals surface area contributed by atoms with Crippen LogP contribution in [0.4, 0.5) is 0 Å². The Kier molecular flexibility index (Phi) is 3.14. The summed E-state index contributed by atoms with van der Waals surface area (Å²) in [5.74, 6) is -1.06. The Bertz CT molecular complexity index is 202. The quantitative estimate of drug-likeness (QED) is 0.713. The molecule has 3 nitrogen and oxygen atoms in total. The molecule has 1 aliphatic carbocycles. The van der Waals surface area contributed by atoms with Crippen molar-refractivity contribution in [1.29, 1.82) is 0 Å². The van der Waals surface area contributed by atoms with E-state index < -0.39 is 5.97 Å². The van der Waals surface area contributed by atoms with Crippen molar-refractivity contribution in [2.24, 2.45) is 5.92 Å². The molecule has 0 saturated heterocycles. The fourth-order valence-corrected chi connectivity index (χ4v) is 2.69. The van der Waals surface area contributed by atoms with Crippen molar-refractivity contribution in [1.82, 2.24) is 0 Å². The lowest BCUT2D eigenvalue weighted by molar-refractivity contribution is -0.141. The molecule has 0 aromatic carbocycles. The molecule has 0 bridgehead atoms. The van der Waals surface area contributed by atoms with Crippen LogP contribution in [0.5, 0.6) is 0 Å². The highest BCUT2D eigenvalue weighted by molar-refractivity contribution is 8.14. The second kappa shape index (κ2) is 3.94. The molecule has 1 aliphatic rings. The zero-order valence-electron chi connectivity index (χ0n) is 6.95. The summed E-state index contributed by atoms with van der Waals surface area (Å²) < 4.78 is 0. The largest absolute Gasteiger partial charge is 0.481 e. The van der Waals surface area contributed by atoms with Crippen molar-refractivity contribution in [3.8, 4) is 0 Å². The van der Waals surface area contributed by atoms with Crippen LogP contribution >= 0.6 is 11.8 Å². The van der Waals surface area contributed by atoms with Gasteiger partial charge in [-0.25, -0.2) is 0 Å². The van der Waals surface area contributed by atoms with Gasteiger partial charge in [-0.05, 0) is 12.8 Å². The van der Waals surface area contributed by atoms with Crippen LogP contribution in [0.1, 0.15) is 26.2 Å². The van der Waals surface area contributed by atoms with Gasteiger partial charge in [0.1, 0.15) is 0 Å². The van der Waals surface area contributed by atoms with E-state index in [2.05, 4.69) is 0 Å². The molecule has 0 aromatic heterocycles. The average molecular weight is 188 g/mol. The van der Waals surface area contributed by atoms with E-state index in [4.69, 9.17) is 5.11 Å². The highest BCUT2D eigenvalue weighted by Crippen LogP contribution is 2.35. The lowest BCUT2D eigenvalue weighted by Gasteiger charge is -2.12. The number of thioether (sulfide) groups is 1. The fraction of sp³-hybridized carbons (Fsp3) is 0.750. The second-order valence-corrected chi connectivity index (χ2v) is 4.44. The zero-order valence-corrected chi connectivity index (χ0v) is 7.76. The van der Waals surface area contributed by atoms with Crippen LogP contribution in [0.2, 0.25) is 0 Å². The van der Waals surface area contributed by atoms with Gasteiger partial charge in [0.2, 0.25) is 0 Å². The number of hydrogen-bond donors (Lipinski definition) is 1. The Morgan fingerprint density at radius 2 is 2.08 bits per heavy atom. The highest BCUT2D eigenvalue weighted by Gasteiger charge is 2.33. The molecule has 0 aromatic rings. The van der Waals surface area contributed by atoms with Gasteiger partial charge in [0.15, 0.2) is 5.12 Å². The number of carbonyl (C=O) groups excluding carboxylic acids is 1. The Labute approximate surface area is 75.5 Å². The van der Waals surface area contributed by atoms with E-state index in [0.717, 1.165) is 19.3 Å². The highest BCUT2D eigenvalue weighted by atomic mass is 32.2. The third kappa shape index (κ3) is 2.24. The van der Waals surface area contributed by atoms with Crippen LogP contribution in [0.3, 0.4) is 0 Å². The lowest BCUT2D eigenvalue weighted by Crippen LogP contribution is -2.20. The summed E-state index contributed by atoms with van der Waals surface area (Å²) in [5, 5.41) is 8.81. The van der Waals surface area contributed by atoms with Crippen LogP contribution in [-0.4, -0.2) is 21.4 Å². The van der Waals surface area contributed by atoms with Gasteiger partial charge in [0, 0.05) is 12.2 Å². The maximum absolute atomic E-state index is 10.7. The Balaban J connectivity index is 2.52. The van der Waals surface area contributed by atoms with E-state index in [1.54, 1.807) is 0 Å². The van der Waals surface area contributed by atoms with Gasteiger partial charge >= 0.3 is 5.97 Å². The molecular formula is C8H12O3S. The molecule has 0 aliphatic heterocycles. The molecule has 1 fully saturated rings. The number of carbonyl (C=O) groups is 2. The van der Waals surface area contributed by atoms with E-state index in [1.807, 2.05) is 0 Å². The molecule has 12 heavy (non-hydrogen) atoms. The topological polar surface area (TPSA) is 54.4 Å². The van der Waals surface area contributed by atoms with Crippen LogP contribution < -0.4 is 0 Å². The zero-order chi connectivity index (χ0) is 9.14. The van der Waals surface area contributed by atoms with Gasteiger partial charge in [-0.2, -0.15) is 0 Å². The van der Waals surface area contributed by atoms with Crippen molar-refractivity contribution >= 4 is 22.8 Å². The minimum absolute atomic E-state index is 0.0139. The minimum atomic E-state index is -0.758. The molecule has 4 heteroatoms. The Morgan fingerprint density at radius 1 is 1.42 bits per heavy atom. The molecule has 68 valence electrons. The predicted molar refractivity (Wildman–Crippen MR) is 47.0 cm³/mol. The maximum atomic E-state index is 10.7. The maximum Gasteiger partial charge on any atom is 0.307 e. The molecule has 0 spiro atoms. The van der Waals surface area contributed by atoms with Gasteiger partial charge in [-0.15, -0.1) is 0 Å². The first-order chi connectivity index (χ1) is 5.61. The van der Waals surface area contributed by atoms with Crippen molar-refractivity contribution in [3.63, 3.8) is 0 Å². The number of hydrogen-bond acceptors (Lipinski definition) is 3. The number of rotatable bonds is 2. The normalized spacial score (nSPS) is 28.8. The van der Waals surface area contributed by atoms with Gasteiger partial charge < -0.3 is 5.11 Å². The molecule has 0 radical (unpaired) electrons. The molecule has 0 heterocycles. The molecule has 0 amide bonds. The third-order valence-electron chi connectivity index (χ3n) is 2.09. The SMILES string of the molecule is CC(=O)SC1CCCC1C(=O)O. The summed E-state index contributed by atoms with van der Waals surface area (Å²) in [7, 11) is 0. The number of carboxylic acids is 1. The summed E-state index contributed by atoms with van der Waals surface area (Å²) in [4.78, 5) is 21.4. The van der Waals surface area contributed by atoms with Crippen LogP contribution in [0.15, 0.2) is 0 Å².